The molecule has 26 heavy (non-hydrogen) atoms. The lowest BCUT2D eigenvalue weighted by Crippen LogP contribution is -2.05. The Labute approximate surface area is 149 Å². The summed E-state index contributed by atoms with van der Waals surface area (Å²) in [6.07, 6.45) is 1.98. The molecule has 0 fully saturated rings. The fraction of sp³-hybridized carbons (Fsp3) is 0.136. The van der Waals surface area contributed by atoms with Crippen molar-refractivity contribution in [2.75, 3.05) is 7.11 Å². The van der Waals surface area contributed by atoms with Crippen molar-refractivity contribution >= 4 is 43.6 Å². The molecule has 2 aromatic heterocycles. The lowest BCUT2D eigenvalue weighted by atomic mass is 10.0. The lowest BCUT2D eigenvalue weighted by molar-refractivity contribution is 0.415. The second-order valence-electron chi connectivity index (χ2n) is 6.74. The van der Waals surface area contributed by atoms with Crippen LogP contribution in [0.25, 0.3) is 43.6 Å². The SMILES string of the molecule is COc1ccc2c(c1)c1ccn(C)c1c1c(=O)c3cc(C)ccc3oc21. The molecule has 0 aliphatic rings. The number of hydrogen-bond donors (Lipinski definition) is 0. The first-order chi connectivity index (χ1) is 12.6. The van der Waals surface area contributed by atoms with Gasteiger partial charge in [0.05, 0.1) is 23.4 Å². The van der Waals surface area contributed by atoms with Crippen LogP contribution >= 0.6 is 0 Å². The van der Waals surface area contributed by atoms with Crippen LogP contribution in [0.2, 0.25) is 0 Å². The van der Waals surface area contributed by atoms with Gasteiger partial charge in [0.15, 0.2) is 0 Å². The van der Waals surface area contributed by atoms with Gasteiger partial charge in [-0.2, -0.15) is 0 Å². The Bertz CT molecular complexity index is 1410. The van der Waals surface area contributed by atoms with Crippen LogP contribution in [-0.4, -0.2) is 11.7 Å². The molecule has 0 radical (unpaired) electrons. The van der Waals surface area contributed by atoms with Gasteiger partial charge in [-0.3, -0.25) is 4.79 Å². The highest BCUT2D eigenvalue weighted by Crippen LogP contribution is 2.37. The topological polar surface area (TPSA) is 44.4 Å². The van der Waals surface area contributed by atoms with E-state index in [1.165, 1.54) is 0 Å². The maximum Gasteiger partial charge on any atom is 0.202 e. The fourth-order valence-electron chi connectivity index (χ4n) is 3.84. The van der Waals surface area contributed by atoms with Gasteiger partial charge in [0.1, 0.15) is 16.9 Å². The van der Waals surface area contributed by atoms with Gasteiger partial charge in [-0.25, -0.2) is 0 Å². The average Bonchev–Trinajstić information content (AvgIpc) is 3.04. The van der Waals surface area contributed by atoms with E-state index in [9.17, 15) is 4.79 Å². The maximum atomic E-state index is 13.4. The molecule has 0 saturated heterocycles. The van der Waals surface area contributed by atoms with Gasteiger partial charge in [-0.15, -0.1) is 0 Å². The van der Waals surface area contributed by atoms with Gasteiger partial charge in [-0.05, 0) is 48.7 Å². The van der Waals surface area contributed by atoms with E-state index in [-0.39, 0.29) is 5.43 Å². The quantitative estimate of drug-likeness (QED) is 0.321. The van der Waals surface area contributed by atoms with Crippen molar-refractivity contribution in [3.8, 4) is 5.75 Å². The third kappa shape index (κ3) is 1.87. The molecule has 5 rings (SSSR count). The van der Waals surface area contributed by atoms with Crippen LogP contribution in [-0.2, 0) is 7.05 Å². The summed E-state index contributed by atoms with van der Waals surface area (Å²) in [5, 5.41) is 4.20. The van der Waals surface area contributed by atoms with Crippen LogP contribution in [0, 0.1) is 6.92 Å². The minimum atomic E-state index is 0.00877. The second-order valence-corrected chi connectivity index (χ2v) is 6.74. The number of nitrogens with zero attached hydrogens (tertiary/aromatic N) is 1. The molecule has 2 heterocycles. The Kier molecular flexibility index (Phi) is 2.95. The molecule has 4 heteroatoms. The fourth-order valence-corrected chi connectivity index (χ4v) is 3.84. The van der Waals surface area contributed by atoms with Crippen molar-refractivity contribution in [3.05, 3.63) is 64.4 Å². The predicted octanol–water partition coefficient (Wildman–Crippen LogP) is 4.91. The van der Waals surface area contributed by atoms with Crippen LogP contribution in [0.4, 0.5) is 0 Å². The molecule has 0 bridgehead atoms. The normalized spacial score (nSPS) is 11.8. The Hall–Kier alpha value is -3.27. The minimum Gasteiger partial charge on any atom is -0.497 e. The van der Waals surface area contributed by atoms with Crippen LogP contribution in [0.5, 0.6) is 5.75 Å². The van der Waals surface area contributed by atoms with Crippen molar-refractivity contribution in [2.24, 2.45) is 7.05 Å². The van der Waals surface area contributed by atoms with Crippen LogP contribution in [0.3, 0.4) is 0 Å². The van der Waals surface area contributed by atoms with Crippen LogP contribution in [0.1, 0.15) is 5.56 Å². The van der Waals surface area contributed by atoms with Gasteiger partial charge in [-0.1, -0.05) is 11.6 Å². The molecule has 5 aromatic rings. The third-order valence-corrected chi connectivity index (χ3v) is 5.12. The molecular formula is C22H17NO3. The Morgan fingerprint density at radius 1 is 0.962 bits per heavy atom. The van der Waals surface area contributed by atoms with Crippen molar-refractivity contribution in [1.82, 2.24) is 4.57 Å². The smallest absolute Gasteiger partial charge is 0.202 e. The highest BCUT2D eigenvalue weighted by Gasteiger charge is 2.18. The first-order valence-corrected chi connectivity index (χ1v) is 8.50. The summed E-state index contributed by atoms with van der Waals surface area (Å²) >= 11 is 0. The van der Waals surface area contributed by atoms with E-state index in [2.05, 4.69) is 0 Å². The van der Waals surface area contributed by atoms with Crippen molar-refractivity contribution in [3.63, 3.8) is 0 Å². The van der Waals surface area contributed by atoms with E-state index < -0.39 is 0 Å². The largest absolute Gasteiger partial charge is 0.497 e. The number of rotatable bonds is 1. The number of hydrogen-bond acceptors (Lipinski definition) is 3. The lowest BCUT2D eigenvalue weighted by Gasteiger charge is -2.10. The van der Waals surface area contributed by atoms with Crippen molar-refractivity contribution < 1.29 is 9.15 Å². The van der Waals surface area contributed by atoms with Crippen LogP contribution in [0.15, 0.2) is 57.9 Å². The maximum absolute atomic E-state index is 13.4. The van der Waals surface area contributed by atoms with E-state index in [1.807, 2.05) is 67.2 Å². The van der Waals surface area contributed by atoms with Gasteiger partial charge >= 0.3 is 0 Å². The summed E-state index contributed by atoms with van der Waals surface area (Å²) in [6, 6.07) is 13.6. The highest BCUT2D eigenvalue weighted by atomic mass is 16.5. The third-order valence-electron chi connectivity index (χ3n) is 5.12. The van der Waals surface area contributed by atoms with E-state index in [4.69, 9.17) is 9.15 Å². The number of aromatic nitrogens is 1. The van der Waals surface area contributed by atoms with Crippen molar-refractivity contribution in [2.45, 2.75) is 6.92 Å². The molecule has 0 amide bonds. The second kappa shape index (κ2) is 5.11. The standard InChI is InChI=1S/C22H17NO3/c1-12-4-7-18-17(10-12)21(24)19-20-14(8-9-23(20)2)16-11-13(25-3)5-6-15(16)22(19)26-18/h4-11H,1-3H3. The zero-order valence-corrected chi connectivity index (χ0v) is 14.8. The molecule has 0 N–H and O–H groups in total. The highest BCUT2D eigenvalue weighted by molar-refractivity contribution is 6.24. The number of fused-ring (bicyclic) bond motifs is 7. The molecule has 0 atom stereocenters. The summed E-state index contributed by atoms with van der Waals surface area (Å²) in [6.45, 7) is 1.98. The predicted molar refractivity (Wildman–Crippen MR) is 105 cm³/mol. The number of methoxy groups -OCH3 is 1. The molecule has 128 valence electrons. The molecular weight excluding hydrogens is 326 g/mol. The monoisotopic (exact) mass is 343 g/mol. The Balaban J connectivity index is 2.15. The first-order valence-electron chi connectivity index (χ1n) is 8.50. The first kappa shape index (κ1) is 15.0. The zero-order valence-electron chi connectivity index (χ0n) is 14.8. The summed E-state index contributed by atoms with van der Waals surface area (Å²) in [5.41, 5.74) is 3.17. The summed E-state index contributed by atoms with van der Waals surface area (Å²) in [7, 11) is 3.61. The van der Waals surface area contributed by atoms with E-state index in [0.29, 0.717) is 21.9 Å². The minimum absolute atomic E-state index is 0.00877. The summed E-state index contributed by atoms with van der Waals surface area (Å²) in [4.78, 5) is 13.4. The molecule has 0 saturated carbocycles. The van der Waals surface area contributed by atoms with Crippen LogP contribution < -0.4 is 10.2 Å². The molecule has 0 unspecified atom stereocenters. The molecule has 0 spiro atoms. The van der Waals surface area contributed by atoms with Gasteiger partial charge in [0.2, 0.25) is 5.43 Å². The number of benzene rings is 3. The molecule has 4 nitrogen and oxygen atoms in total. The number of ether oxygens (including phenoxy) is 1. The van der Waals surface area contributed by atoms with Gasteiger partial charge in [0, 0.05) is 24.0 Å². The molecule has 3 aromatic carbocycles. The van der Waals surface area contributed by atoms with E-state index >= 15 is 0 Å². The summed E-state index contributed by atoms with van der Waals surface area (Å²) < 4.78 is 13.6. The van der Waals surface area contributed by atoms with Gasteiger partial charge in [0.25, 0.3) is 0 Å². The number of aryl methyl sites for hydroxylation is 2. The molecule has 0 aliphatic carbocycles. The molecule has 0 aliphatic heterocycles. The van der Waals surface area contributed by atoms with Crippen molar-refractivity contribution in [1.29, 1.82) is 0 Å². The Morgan fingerprint density at radius 3 is 2.62 bits per heavy atom. The van der Waals surface area contributed by atoms with E-state index in [1.54, 1.807) is 7.11 Å². The summed E-state index contributed by atoms with van der Waals surface area (Å²) in [5.74, 6) is 0.778. The average molecular weight is 343 g/mol. The van der Waals surface area contributed by atoms with Gasteiger partial charge < -0.3 is 13.7 Å². The Morgan fingerprint density at radius 2 is 1.81 bits per heavy atom. The van der Waals surface area contributed by atoms with E-state index in [0.717, 1.165) is 33.0 Å². The zero-order chi connectivity index (χ0) is 18.0.